The number of nitrogens with one attached hydrogen (secondary N) is 2. The highest BCUT2D eigenvalue weighted by molar-refractivity contribution is 5.80. The Morgan fingerprint density at radius 2 is 1.96 bits per heavy atom. The molecule has 6 nitrogen and oxygen atoms in total. The highest BCUT2D eigenvalue weighted by atomic mass is 16.3. The summed E-state index contributed by atoms with van der Waals surface area (Å²) in [6, 6.07) is 11.3. The Hall–Kier alpha value is -2.34. The van der Waals surface area contributed by atoms with Gasteiger partial charge in [-0.3, -0.25) is 0 Å². The zero-order valence-corrected chi connectivity index (χ0v) is 16.0. The van der Waals surface area contributed by atoms with Crippen LogP contribution in [0.15, 0.2) is 46.0 Å². The van der Waals surface area contributed by atoms with Gasteiger partial charge in [0.05, 0.1) is 6.54 Å². The lowest BCUT2D eigenvalue weighted by atomic mass is 10.1. The fourth-order valence-corrected chi connectivity index (χ4v) is 3.61. The molecule has 0 unspecified atom stereocenters. The summed E-state index contributed by atoms with van der Waals surface area (Å²) in [6.07, 6.45) is 6.85. The third-order valence-corrected chi connectivity index (χ3v) is 5.25. The minimum atomic E-state index is 0.495. The first-order valence-electron chi connectivity index (χ1n) is 10.1. The minimum Gasteiger partial charge on any atom is -0.444 e. The van der Waals surface area contributed by atoms with Crippen LogP contribution in [0.2, 0.25) is 0 Å². The number of likely N-dealkylation sites (tertiary alicyclic amines) is 1. The van der Waals surface area contributed by atoms with E-state index < -0.39 is 0 Å². The van der Waals surface area contributed by atoms with Gasteiger partial charge in [-0.15, -0.1) is 0 Å². The Morgan fingerprint density at radius 3 is 2.67 bits per heavy atom. The Kier molecular flexibility index (Phi) is 5.72. The van der Waals surface area contributed by atoms with Crippen molar-refractivity contribution in [3.63, 3.8) is 0 Å². The fraction of sp³-hybridized carbons (Fsp3) is 0.524. The van der Waals surface area contributed by atoms with Crippen LogP contribution in [0.3, 0.4) is 0 Å². The minimum absolute atomic E-state index is 0.495. The summed E-state index contributed by atoms with van der Waals surface area (Å²) in [7, 11) is 0. The fourth-order valence-electron chi connectivity index (χ4n) is 3.61. The quantitative estimate of drug-likeness (QED) is 0.607. The molecule has 0 radical (unpaired) electrons. The second-order valence-electron chi connectivity index (χ2n) is 7.39. The molecule has 0 amide bonds. The number of piperidine rings is 1. The molecule has 0 atom stereocenters. The zero-order valence-electron chi connectivity index (χ0n) is 16.0. The van der Waals surface area contributed by atoms with Gasteiger partial charge in [0.15, 0.2) is 5.96 Å². The van der Waals surface area contributed by atoms with E-state index in [2.05, 4.69) is 27.4 Å². The van der Waals surface area contributed by atoms with Crippen molar-refractivity contribution in [1.29, 1.82) is 0 Å². The summed E-state index contributed by atoms with van der Waals surface area (Å²) in [5.74, 6) is 1.51. The maximum Gasteiger partial charge on any atom is 0.226 e. The predicted molar refractivity (Wildman–Crippen MR) is 108 cm³/mol. The van der Waals surface area contributed by atoms with Gasteiger partial charge in [0.2, 0.25) is 5.89 Å². The first kappa shape index (κ1) is 18.0. The lowest BCUT2D eigenvalue weighted by molar-refractivity contribution is 0.197. The molecular formula is C21H29N5O. The van der Waals surface area contributed by atoms with E-state index in [4.69, 9.17) is 9.41 Å². The summed E-state index contributed by atoms with van der Waals surface area (Å²) >= 11 is 0. The van der Waals surface area contributed by atoms with Crippen LogP contribution in [0.1, 0.15) is 38.3 Å². The third-order valence-electron chi connectivity index (χ3n) is 5.25. The number of oxazole rings is 1. The standard InChI is InChI=1S/C21H29N5O/c1-2-22-21(25-17-10-12-26(13-11-17)19-8-9-19)23-14-18-15-27-20(24-18)16-6-4-3-5-7-16/h3-7,15,17,19H,2,8-14H2,1H3,(H2,22,23,25). The molecule has 2 aliphatic rings. The lowest BCUT2D eigenvalue weighted by Gasteiger charge is -2.33. The van der Waals surface area contributed by atoms with Gasteiger partial charge in [0, 0.05) is 37.3 Å². The maximum absolute atomic E-state index is 5.61. The van der Waals surface area contributed by atoms with Crippen LogP contribution in [-0.2, 0) is 6.54 Å². The van der Waals surface area contributed by atoms with Gasteiger partial charge in [0.25, 0.3) is 0 Å². The van der Waals surface area contributed by atoms with E-state index >= 15 is 0 Å². The molecule has 27 heavy (non-hydrogen) atoms. The van der Waals surface area contributed by atoms with Crippen molar-refractivity contribution in [3.05, 3.63) is 42.3 Å². The average molecular weight is 367 g/mol. The van der Waals surface area contributed by atoms with Crippen molar-refractivity contribution in [3.8, 4) is 11.5 Å². The Bertz CT molecular complexity index is 745. The first-order valence-corrected chi connectivity index (χ1v) is 10.1. The Balaban J connectivity index is 1.33. The second-order valence-corrected chi connectivity index (χ2v) is 7.39. The molecule has 6 heteroatoms. The van der Waals surface area contributed by atoms with Crippen molar-refractivity contribution in [2.75, 3.05) is 19.6 Å². The van der Waals surface area contributed by atoms with E-state index in [9.17, 15) is 0 Å². The van der Waals surface area contributed by atoms with E-state index in [0.717, 1.165) is 29.8 Å². The summed E-state index contributed by atoms with van der Waals surface area (Å²) in [4.78, 5) is 11.9. The number of aliphatic imine (C=N–C) groups is 1. The summed E-state index contributed by atoms with van der Waals surface area (Å²) < 4.78 is 5.61. The van der Waals surface area contributed by atoms with Crippen LogP contribution in [0.4, 0.5) is 0 Å². The van der Waals surface area contributed by atoms with Crippen LogP contribution in [-0.4, -0.2) is 47.6 Å². The first-order chi connectivity index (χ1) is 13.3. The third kappa shape index (κ3) is 4.89. The number of benzene rings is 1. The molecule has 1 saturated carbocycles. The molecule has 2 heterocycles. The van der Waals surface area contributed by atoms with Crippen molar-refractivity contribution < 1.29 is 4.42 Å². The summed E-state index contributed by atoms with van der Waals surface area (Å²) in [5.41, 5.74) is 1.83. The van der Waals surface area contributed by atoms with Gasteiger partial charge in [-0.25, -0.2) is 9.98 Å². The second kappa shape index (κ2) is 8.57. The number of hydrogen-bond acceptors (Lipinski definition) is 4. The van der Waals surface area contributed by atoms with Gasteiger partial charge in [-0.1, -0.05) is 18.2 Å². The van der Waals surface area contributed by atoms with Crippen LogP contribution in [0.25, 0.3) is 11.5 Å². The van der Waals surface area contributed by atoms with E-state index in [1.165, 1.54) is 38.8 Å². The van der Waals surface area contributed by atoms with Crippen molar-refractivity contribution in [2.24, 2.45) is 4.99 Å². The van der Waals surface area contributed by atoms with E-state index in [1.54, 1.807) is 6.26 Å². The molecule has 1 aliphatic carbocycles. The van der Waals surface area contributed by atoms with E-state index in [-0.39, 0.29) is 0 Å². The largest absolute Gasteiger partial charge is 0.444 e. The van der Waals surface area contributed by atoms with E-state index in [0.29, 0.717) is 18.5 Å². The number of nitrogens with zero attached hydrogens (tertiary/aromatic N) is 3. The molecule has 0 spiro atoms. The lowest BCUT2D eigenvalue weighted by Crippen LogP contribution is -2.49. The van der Waals surface area contributed by atoms with Crippen LogP contribution in [0, 0.1) is 0 Å². The van der Waals surface area contributed by atoms with Crippen LogP contribution < -0.4 is 10.6 Å². The molecule has 2 N–H and O–H groups in total. The summed E-state index contributed by atoms with van der Waals surface area (Å²) in [6.45, 7) is 5.85. The van der Waals surface area contributed by atoms with Gasteiger partial charge in [-0.2, -0.15) is 0 Å². The molecule has 1 aromatic heterocycles. The van der Waals surface area contributed by atoms with Gasteiger partial charge in [0.1, 0.15) is 12.0 Å². The Morgan fingerprint density at radius 1 is 1.19 bits per heavy atom. The SMILES string of the molecule is CCNC(=NCc1coc(-c2ccccc2)n1)NC1CCN(C2CC2)CC1. The molecule has 1 aliphatic heterocycles. The van der Waals surface area contributed by atoms with Gasteiger partial charge >= 0.3 is 0 Å². The predicted octanol–water partition coefficient (Wildman–Crippen LogP) is 3.02. The maximum atomic E-state index is 5.61. The molecule has 1 saturated heterocycles. The smallest absolute Gasteiger partial charge is 0.226 e. The van der Waals surface area contributed by atoms with Crippen LogP contribution >= 0.6 is 0 Å². The highest BCUT2D eigenvalue weighted by Crippen LogP contribution is 2.29. The number of rotatable bonds is 6. The molecule has 4 rings (SSSR count). The number of aromatic nitrogens is 1. The van der Waals surface area contributed by atoms with Gasteiger partial charge < -0.3 is 20.0 Å². The number of hydrogen-bond donors (Lipinski definition) is 2. The van der Waals surface area contributed by atoms with Crippen molar-refractivity contribution >= 4 is 5.96 Å². The monoisotopic (exact) mass is 367 g/mol. The zero-order chi connectivity index (χ0) is 18.5. The van der Waals surface area contributed by atoms with Crippen LogP contribution in [0.5, 0.6) is 0 Å². The molecular weight excluding hydrogens is 338 g/mol. The van der Waals surface area contributed by atoms with Crippen molar-refractivity contribution in [1.82, 2.24) is 20.5 Å². The van der Waals surface area contributed by atoms with Gasteiger partial charge in [-0.05, 0) is 44.7 Å². The molecule has 0 bridgehead atoms. The van der Waals surface area contributed by atoms with E-state index in [1.807, 2.05) is 30.3 Å². The molecule has 1 aromatic carbocycles. The molecule has 144 valence electrons. The normalized spacial score (nSPS) is 19.2. The number of guanidine groups is 1. The molecule has 2 fully saturated rings. The topological polar surface area (TPSA) is 65.7 Å². The van der Waals surface area contributed by atoms with Crippen molar-refractivity contribution in [2.45, 2.75) is 51.2 Å². The Labute approximate surface area is 161 Å². The average Bonchev–Trinajstić information content (AvgIpc) is 3.45. The molecule has 2 aromatic rings. The summed E-state index contributed by atoms with van der Waals surface area (Å²) in [5, 5.41) is 6.95. The highest BCUT2D eigenvalue weighted by Gasteiger charge is 2.31.